The molecule has 1 N–H and O–H groups in total. The fraction of sp³-hybridized carbons (Fsp3) is 0.588. The van der Waals surface area contributed by atoms with Crippen molar-refractivity contribution in [1.29, 1.82) is 0 Å². The summed E-state index contributed by atoms with van der Waals surface area (Å²) in [6.07, 6.45) is 5.18. The molecule has 2 unspecified atom stereocenters. The molecule has 3 rings (SSSR count). The van der Waals surface area contributed by atoms with Crippen LogP contribution in [0.4, 0.5) is 0 Å². The lowest BCUT2D eigenvalue weighted by Crippen LogP contribution is -2.38. The predicted molar refractivity (Wildman–Crippen MR) is 94.7 cm³/mol. The number of hydrogen-bond donors (Lipinski definition) is 1. The zero-order valence-electron chi connectivity index (χ0n) is 14.7. The van der Waals surface area contributed by atoms with E-state index >= 15 is 0 Å². The highest BCUT2D eigenvalue weighted by Gasteiger charge is 2.33. The van der Waals surface area contributed by atoms with Crippen LogP contribution in [-0.4, -0.2) is 74.0 Å². The minimum Gasteiger partial charge on any atom is -0.376 e. The molecule has 2 saturated heterocycles. The van der Waals surface area contributed by atoms with Gasteiger partial charge in [0.2, 0.25) is 0 Å². The molecule has 2 atom stereocenters. The molecule has 1 aromatic heterocycles. The van der Waals surface area contributed by atoms with Gasteiger partial charge in [0.15, 0.2) is 9.84 Å². The molecule has 0 saturated carbocycles. The maximum atomic E-state index is 12.6. The Morgan fingerprint density at radius 2 is 2.08 bits per heavy atom. The Labute approximate surface area is 152 Å². The van der Waals surface area contributed by atoms with Crippen LogP contribution in [0.1, 0.15) is 40.0 Å². The summed E-state index contributed by atoms with van der Waals surface area (Å²) >= 11 is 0. The largest absolute Gasteiger partial charge is 0.376 e. The van der Waals surface area contributed by atoms with Gasteiger partial charge in [0, 0.05) is 38.6 Å². The number of carbonyl (C=O) groups excluding carboxylic acids is 2. The number of rotatable bonds is 5. The summed E-state index contributed by atoms with van der Waals surface area (Å²) in [6.45, 7) is 1.14. The molecule has 2 amide bonds. The second-order valence-electron chi connectivity index (χ2n) is 6.78. The molecule has 2 fully saturated rings. The summed E-state index contributed by atoms with van der Waals surface area (Å²) in [6, 6.07) is 1.14. The normalized spacial score (nSPS) is 24.3. The van der Waals surface area contributed by atoms with Crippen molar-refractivity contribution < 1.29 is 22.7 Å². The van der Waals surface area contributed by atoms with E-state index in [9.17, 15) is 18.0 Å². The SMILES string of the molecule is CN(C(=O)c1cncc(C(=O)NCC2CCCO2)c1)C1CCS(=O)(=O)C1. The van der Waals surface area contributed by atoms with Gasteiger partial charge in [-0.2, -0.15) is 0 Å². The molecule has 0 aliphatic carbocycles. The van der Waals surface area contributed by atoms with Crippen LogP contribution < -0.4 is 5.32 Å². The molecule has 8 nitrogen and oxygen atoms in total. The number of nitrogens with one attached hydrogen (secondary N) is 1. The number of nitrogens with zero attached hydrogens (tertiary/aromatic N) is 2. The Balaban J connectivity index is 1.64. The monoisotopic (exact) mass is 381 g/mol. The highest BCUT2D eigenvalue weighted by Crippen LogP contribution is 2.19. The summed E-state index contributed by atoms with van der Waals surface area (Å²) in [5.74, 6) is -0.578. The highest BCUT2D eigenvalue weighted by molar-refractivity contribution is 7.91. The molecule has 9 heteroatoms. The van der Waals surface area contributed by atoms with Crippen molar-refractivity contribution >= 4 is 21.7 Å². The van der Waals surface area contributed by atoms with Gasteiger partial charge in [-0.25, -0.2) is 8.42 Å². The van der Waals surface area contributed by atoms with Gasteiger partial charge in [-0.1, -0.05) is 0 Å². The first-order chi connectivity index (χ1) is 12.4. The van der Waals surface area contributed by atoms with Crippen LogP contribution in [0.15, 0.2) is 18.5 Å². The maximum Gasteiger partial charge on any atom is 0.255 e. The van der Waals surface area contributed by atoms with Gasteiger partial charge in [-0.15, -0.1) is 0 Å². The average Bonchev–Trinajstić information content (AvgIpc) is 3.27. The Kier molecular flexibility index (Phi) is 5.57. The second-order valence-corrected chi connectivity index (χ2v) is 9.01. The molecule has 1 aromatic rings. The molecule has 142 valence electrons. The van der Waals surface area contributed by atoms with Gasteiger partial charge in [-0.3, -0.25) is 14.6 Å². The van der Waals surface area contributed by atoms with Crippen molar-refractivity contribution in [2.45, 2.75) is 31.4 Å². The van der Waals surface area contributed by atoms with Crippen molar-refractivity contribution in [2.75, 3.05) is 31.7 Å². The first kappa shape index (κ1) is 18.8. The number of sulfone groups is 1. The second kappa shape index (κ2) is 7.71. The van der Waals surface area contributed by atoms with Crippen LogP contribution in [-0.2, 0) is 14.6 Å². The van der Waals surface area contributed by atoms with E-state index < -0.39 is 9.84 Å². The lowest BCUT2D eigenvalue weighted by Gasteiger charge is -2.23. The van der Waals surface area contributed by atoms with E-state index in [0.717, 1.165) is 19.4 Å². The zero-order chi connectivity index (χ0) is 18.7. The molecule has 3 heterocycles. The Bertz CT molecular complexity index is 789. The minimum atomic E-state index is -3.08. The predicted octanol–water partition coefficient (Wildman–Crippen LogP) is 0.250. The summed E-state index contributed by atoms with van der Waals surface area (Å²) in [7, 11) is -1.50. The van der Waals surface area contributed by atoms with Crippen molar-refractivity contribution in [3.8, 4) is 0 Å². The summed E-state index contributed by atoms with van der Waals surface area (Å²) in [5, 5.41) is 2.79. The number of carbonyl (C=O) groups is 2. The molecule has 26 heavy (non-hydrogen) atoms. The fourth-order valence-electron chi connectivity index (χ4n) is 3.25. The molecular weight excluding hydrogens is 358 g/mol. The molecule has 0 spiro atoms. The van der Waals surface area contributed by atoms with Crippen LogP contribution in [0.2, 0.25) is 0 Å². The van der Waals surface area contributed by atoms with Crippen LogP contribution in [0, 0.1) is 0 Å². The first-order valence-corrected chi connectivity index (χ1v) is 10.5. The quantitative estimate of drug-likeness (QED) is 0.784. The van der Waals surface area contributed by atoms with E-state index in [2.05, 4.69) is 10.3 Å². The standard InChI is InChI=1S/C17H23N3O5S/c1-20(14-4-6-26(23,24)11-14)17(22)13-7-12(8-18-9-13)16(21)19-10-15-3-2-5-25-15/h7-9,14-15H,2-6,10-11H2,1H3,(H,19,21). The van der Waals surface area contributed by atoms with E-state index in [-0.39, 0.29) is 41.0 Å². The van der Waals surface area contributed by atoms with Crippen LogP contribution in [0.25, 0.3) is 0 Å². The minimum absolute atomic E-state index is 0.0236. The van der Waals surface area contributed by atoms with Crippen LogP contribution in [0.5, 0.6) is 0 Å². The molecule has 2 aliphatic rings. The third-order valence-corrected chi connectivity index (χ3v) is 6.59. The molecule has 0 radical (unpaired) electrons. The van der Waals surface area contributed by atoms with Crippen molar-refractivity contribution in [3.05, 3.63) is 29.6 Å². The molecule has 2 aliphatic heterocycles. The number of ether oxygens (including phenoxy) is 1. The smallest absolute Gasteiger partial charge is 0.255 e. The maximum absolute atomic E-state index is 12.6. The zero-order valence-corrected chi connectivity index (χ0v) is 15.5. The highest BCUT2D eigenvalue weighted by atomic mass is 32.2. The van der Waals surface area contributed by atoms with Gasteiger partial charge >= 0.3 is 0 Å². The first-order valence-electron chi connectivity index (χ1n) is 8.68. The Morgan fingerprint density at radius 1 is 1.31 bits per heavy atom. The Morgan fingerprint density at radius 3 is 2.73 bits per heavy atom. The van der Waals surface area contributed by atoms with Gasteiger partial charge < -0.3 is 15.0 Å². The van der Waals surface area contributed by atoms with Crippen molar-refractivity contribution in [2.24, 2.45) is 0 Å². The van der Waals surface area contributed by atoms with Gasteiger partial charge in [-0.05, 0) is 25.3 Å². The molecule has 0 bridgehead atoms. The summed E-state index contributed by atoms with van der Waals surface area (Å²) in [5.41, 5.74) is 0.558. The number of hydrogen-bond acceptors (Lipinski definition) is 6. The van der Waals surface area contributed by atoms with Gasteiger partial charge in [0.25, 0.3) is 11.8 Å². The lowest BCUT2D eigenvalue weighted by molar-refractivity contribution is 0.0747. The van der Waals surface area contributed by atoms with E-state index in [4.69, 9.17) is 4.74 Å². The average molecular weight is 381 g/mol. The van der Waals surface area contributed by atoms with Crippen molar-refractivity contribution in [3.63, 3.8) is 0 Å². The Hall–Kier alpha value is -2.00. The van der Waals surface area contributed by atoms with Crippen LogP contribution in [0.3, 0.4) is 0 Å². The number of aromatic nitrogens is 1. The van der Waals surface area contributed by atoms with Crippen molar-refractivity contribution in [1.82, 2.24) is 15.2 Å². The summed E-state index contributed by atoms with van der Waals surface area (Å²) < 4.78 is 28.7. The third kappa shape index (κ3) is 4.39. The number of pyridine rings is 1. The van der Waals surface area contributed by atoms with Gasteiger partial charge in [0.1, 0.15) is 0 Å². The fourth-order valence-corrected chi connectivity index (χ4v) is 5.02. The topological polar surface area (TPSA) is 106 Å². The van der Waals surface area contributed by atoms with E-state index in [0.29, 0.717) is 18.5 Å². The van der Waals surface area contributed by atoms with Crippen LogP contribution >= 0.6 is 0 Å². The summed E-state index contributed by atoms with van der Waals surface area (Å²) in [4.78, 5) is 30.3. The molecule has 0 aromatic carbocycles. The third-order valence-electron chi connectivity index (χ3n) is 4.84. The van der Waals surface area contributed by atoms with E-state index in [1.165, 1.54) is 23.4 Å². The van der Waals surface area contributed by atoms with Gasteiger partial charge in [0.05, 0.1) is 28.7 Å². The van der Waals surface area contributed by atoms with E-state index in [1.54, 1.807) is 7.05 Å². The number of amides is 2. The molecular formula is C17H23N3O5S. The van der Waals surface area contributed by atoms with E-state index in [1.807, 2.05) is 0 Å². The lowest BCUT2D eigenvalue weighted by atomic mass is 10.1.